The van der Waals surface area contributed by atoms with Crippen molar-refractivity contribution in [2.24, 2.45) is 0 Å². The third-order valence-corrected chi connectivity index (χ3v) is 4.98. The van der Waals surface area contributed by atoms with Crippen LogP contribution in [0, 0.1) is 5.82 Å². The molecule has 0 atom stereocenters. The van der Waals surface area contributed by atoms with Crippen molar-refractivity contribution in [1.82, 2.24) is 4.98 Å². The van der Waals surface area contributed by atoms with Crippen LogP contribution >= 0.6 is 11.3 Å². The van der Waals surface area contributed by atoms with Gasteiger partial charge in [0.05, 0.1) is 18.0 Å². The maximum atomic E-state index is 14.1. The molecule has 1 heterocycles. The number of nitrogens with zero attached hydrogens (tertiary/aromatic N) is 2. The van der Waals surface area contributed by atoms with Crippen molar-refractivity contribution in [1.29, 1.82) is 0 Å². The topological polar surface area (TPSA) is 68.7 Å². The highest BCUT2D eigenvalue weighted by molar-refractivity contribution is 7.14. The number of carbonyl (C=O) groups excluding carboxylic acids is 2. The van der Waals surface area contributed by atoms with E-state index in [1.54, 1.807) is 23.6 Å². The number of esters is 1. The van der Waals surface area contributed by atoms with Crippen LogP contribution in [-0.2, 0) is 20.9 Å². The van der Waals surface area contributed by atoms with Gasteiger partial charge in [-0.05, 0) is 42.8 Å². The Labute approximate surface area is 183 Å². The predicted molar refractivity (Wildman–Crippen MR) is 118 cm³/mol. The van der Waals surface area contributed by atoms with Gasteiger partial charge in [0, 0.05) is 18.4 Å². The van der Waals surface area contributed by atoms with Crippen LogP contribution in [0.4, 0.5) is 15.2 Å². The van der Waals surface area contributed by atoms with Crippen molar-refractivity contribution < 1.29 is 23.5 Å². The maximum absolute atomic E-state index is 14.1. The fraction of sp³-hybridized carbons (Fsp3) is 0.174. The Balaban J connectivity index is 1.61. The molecule has 0 unspecified atom stereocenters. The molecule has 1 aromatic heterocycles. The molecular weight excluding hydrogens is 419 g/mol. The summed E-state index contributed by atoms with van der Waals surface area (Å²) >= 11 is 1.16. The summed E-state index contributed by atoms with van der Waals surface area (Å²) in [4.78, 5) is 29.6. The number of hydrogen-bond acceptors (Lipinski definition) is 6. The number of aromatic nitrogens is 1. The van der Waals surface area contributed by atoms with Gasteiger partial charge in [-0.25, -0.2) is 14.2 Å². The molecule has 3 rings (SSSR count). The van der Waals surface area contributed by atoms with E-state index in [9.17, 15) is 14.0 Å². The Morgan fingerprint density at radius 3 is 2.58 bits per heavy atom. The molecule has 0 spiro atoms. The molecule has 0 fully saturated rings. The summed E-state index contributed by atoms with van der Waals surface area (Å²) in [6.07, 6.45) is 2.96. The van der Waals surface area contributed by atoms with Crippen LogP contribution in [0.1, 0.15) is 25.1 Å². The number of anilines is 2. The summed E-state index contributed by atoms with van der Waals surface area (Å²) in [5.74, 6) is -0.667. The molecule has 0 saturated carbocycles. The standard InChI is InChI=1S/C23H21FN2O4S/c1-3-29-19-11-8-17(9-12-19)10-13-22(28)30-14-18-15-31-23(25-18)26(16(2)27)21-7-5-4-6-20(21)24/h4-13,15H,3,14H2,1-2H3/b13-10+. The van der Waals surface area contributed by atoms with Crippen molar-refractivity contribution >= 4 is 40.1 Å². The van der Waals surface area contributed by atoms with Crippen molar-refractivity contribution in [3.05, 3.63) is 77.1 Å². The van der Waals surface area contributed by atoms with Gasteiger partial charge in [0.25, 0.3) is 0 Å². The van der Waals surface area contributed by atoms with Crippen LogP contribution in [0.15, 0.2) is 60.0 Å². The third-order valence-electron chi connectivity index (χ3n) is 4.10. The van der Waals surface area contributed by atoms with E-state index in [4.69, 9.17) is 9.47 Å². The first-order chi connectivity index (χ1) is 15.0. The molecule has 0 radical (unpaired) electrons. The second kappa shape index (κ2) is 10.5. The maximum Gasteiger partial charge on any atom is 0.331 e. The fourth-order valence-electron chi connectivity index (χ4n) is 2.70. The van der Waals surface area contributed by atoms with Gasteiger partial charge >= 0.3 is 5.97 Å². The molecule has 3 aromatic rings. The van der Waals surface area contributed by atoms with Gasteiger partial charge in [-0.1, -0.05) is 24.3 Å². The van der Waals surface area contributed by atoms with Crippen LogP contribution in [-0.4, -0.2) is 23.5 Å². The number of thiazole rings is 1. The lowest BCUT2D eigenvalue weighted by Crippen LogP contribution is -2.23. The number of hydrogen-bond donors (Lipinski definition) is 0. The zero-order valence-electron chi connectivity index (χ0n) is 17.1. The summed E-state index contributed by atoms with van der Waals surface area (Å²) in [6, 6.07) is 13.3. The molecule has 0 bridgehead atoms. The quantitative estimate of drug-likeness (QED) is 0.359. The van der Waals surface area contributed by atoms with E-state index in [0.717, 1.165) is 22.6 Å². The zero-order chi connectivity index (χ0) is 22.2. The molecule has 1 amide bonds. The molecule has 0 aliphatic heterocycles. The van der Waals surface area contributed by atoms with E-state index in [0.29, 0.717) is 17.4 Å². The van der Waals surface area contributed by atoms with E-state index < -0.39 is 11.8 Å². The van der Waals surface area contributed by atoms with Gasteiger partial charge in [-0.3, -0.25) is 9.69 Å². The first kappa shape index (κ1) is 22.2. The molecule has 8 heteroatoms. The first-order valence-electron chi connectivity index (χ1n) is 9.55. The summed E-state index contributed by atoms with van der Waals surface area (Å²) in [5, 5.41) is 1.96. The Morgan fingerprint density at radius 1 is 1.16 bits per heavy atom. The molecular formula is C23H21FN2O4S. The van der Waals surface area contributed by atoms with E-state index in [-0.39, 0.29) is 18.2 Å². The highest BCUT2D eigenvalue weighted by Gasteiger charge is 2.21. The highest BCUT2D eigenvalue weighted by atomic mass is 32.1. The smallest absolute Gasteiger partial charge is 0.331 e. The SMILES string of the molecule is CCOc1ccc(/C=C/C(=O)OCc2csc(N(C(C)=O)c3ccccc3F)n2)cc1. The van der Waals surface area contributed by atoms with Gasteiger partial charge in [0.15, 0.2) is 5.13 Å². The van der Waals surface area contributed by atoms with Crippen molar-refractivity contribution in [3.63, 3.8) is 0 Å². The summed E-state index contributed by atoms with van der Waals surface area (Å²) in [5.41, 5.74) is 1.41. The number of para-hydroxylation sites is 1. The summed E-state index contributed by atoms with van der Waals surface area (Å²) in [6.45, 7) is 3.77. The molecule has 0 aliphatic rings. The van der Waals surface area contributed by atoms with Gasteiger partial charge < -0.3 is 9.47 Å². The molecule has 31 heavy (non-hydrogen) atoms. The van der Waals surface area contributed by atoms with Crippen LogP contribution in [0.5, 0.6) is 5.75 Å². The summed E-state index contributed by atoms with van der Waals surface area (Å²) < 4.78 is 24.7. The molecule has 0 N–H and O–H groups in total. The molecule has 0 saturated heterocycles. The fourth-order valence-corrected chi connectivity index (χ4v) is 3.57. The number of carbonyl (C=O) groups is 2. The minimum Gasteiger partial charge on any atom is -0.494 e. The van der Waals surface area contributed by atoms with Gasteiger partial charge in [0.1, 0.15) is 18.2 Å². The molecule has 0 aliphatic carbocycles. The molecule has 6 nitrogen and oxygen atoms in total. The second-order valence-corrected chi connectivity index (χ2v) is 7.21. The minimum atomic E-state index is -0.527. The van der Waals surface area contributed by atoms with Crippen LogP contribution in [0.3, 0.4) is 0 Å². The van der Waals surface area contributed by atoms with Crippen LogP contribution in [0.25, 0.3) is 6.08 Å². The number of benzene rings is 2. The lowest BCUT2D eigenvalue weighted by molar-refractivity contribution is -0.139. The Bertz CT molecular complexity index is 1080. The Kier molecular flexibility index (Phi) is 7.50. The van der Waals surface area contributed by atoms with Crippen molar-refractivity contribution in [2.75, 3.05) is 11.5 Å². The second-order valence-electron chi connectivity index (χ2n) is 6.37. The highest BCUT2D eigenvalue weighted by Crippen LogP contribution is 2.30. The lowest BCUT2D eigenvalue weighted by atomic mass is 10.2. The number of halogens is 1. The van der Waals surface area contributed by atoms with Gasteiger partial charge in [-0.2, -0.15) is 0 Å². The van der Waals surface area contributed by atoms with Crippen molar-refractivity contribution in [3.8, 4) is 5.75 Å². The average Bonchev–Trinajstić information content (AvgIpc) is 3.22. The number of rotatable bonds is 8. The minimum absolute atomic E-state index is 0.0635. The Hall–Kier alpha value is -3.52. The molecule has 160 valence electrons. The zero-order valence-corrected chi connectivity index (χ0v) is 17.9. The lowest BCUT2D eigenvalue weighted by Gasteiger charge is -2.18. The van der Waals surface area contributed by atoms with E-state index in [2.05, 4.69) is 4.98 Å². The summed E-state index contributed by atoms with van der Waals surface area (Å²) in [7, 11) is 0. The Morgan fingerprint density at radius 2 is 1.90 bits per heavy atom. The average molecular weight is 440 g/mol. The van der Waals surface area contributed by atoms with E-state index in [1.165, 1.54) is 30.0 Å². The van der Waals surface area contributed by atoms with Gasteiger partial charge in [0.2, 0.25) is 5.91 Å². The molecule has 2 aromatic carbocycles. The number of amides is 1. The normalized spacial score (nSPS) is 10.8. The monoisotopic (exact) mass is 440 g/mol. The van der Waals surface area contributed by atoms with E-state index in [1.807, 2.05) is 31.2 Å². The number of ether oxygens (including phenoxy) is 2. The first-order valence-corrected chi connectivity index (χ1v) is 10.4. The van der Waals surface area contributed by atoms with Crippen LogP contribution in [0.2, 0.25) is 0 Å². The van der Waals surface area contributed by atoms with Crippen molar-refractivity contribution in [2.45, 2.75) is 20.5 Å². The van der Waals surface area contributed by atoms with Gasteiger partial charge in [-0.15, -0.1) is 11.3 Å². The van der Waals surface area contributed by atoms with Crippen LogP contribution < -0.4 is 9.64 Å². The third kappa shape index (κ3) is 5.99. The predicted octanol–water partition coefficient (Wildman–Crippen LogP) is 5.12. The largest absolute Gasteiger partial charge is 0.494 e. The van der Waals surface area contributed by atoms with E-state index >= 15 is 0 Å².